The first kappa shape index (κ1) is 7.85. The predicted molar refractivity (Wildman–Crippen MR) is 47.3 cm³/mol. The number of pyridine rings is 1. The molecule has 2 rings (SSSR count). The third-order valence-electron chi connectivity index (χ3n) is 1.84. The Morgan fingerprint density at radius 1 is 1.54 bits per heavy atom. The van der Waals surface area contributed by atoms with Gasteiger partial charge in [-0.1, -0.05) is 6.92 Å². The fraction of sp³-hybridized carbons (Fsp3) is 0.250. The smallest absolute Gasteiger partial charge is 0.244 e. The third kappa shape index (κ3) is 1.28. The highest BCUT2D eigenvalue weighted by molar-refractivity contribution is 5.72. The van der Waals surface area contributed by atoms with Gasteiger partial charge in [-0.15, -0.1) is 0 Å². The van der Waals surface area contributed by atoms with E-state index in [1.54, 1.807) is 6.20 Å². The first-order valence-corrected chi connectivity index (χ1v) is 4.01. The van der Waals surface area contributed by atoms with Gasteiger partial charge in [-0.05, 0) is 18.1 Å². The van der Waals surface area contributed by atoms with Crippen molar-refractivity contribution in [3.8, 4) is 0 Å². The molecule has 0 bridgehead atoms. The van der Waals surface area contributed by atoms with Gasteiger partial charge in [0.1, 0.15) is 5.52 Å². The Bertz CT molecular complexity index is 491. The summed E-state index contributed by atoms with van der Waals surface area (Å²) in [5.74, 6) is 0. The van der Waals surface area contributed by atoms with Gasteiger partial charge < -0.3 is 0 Å². The molecule has 2 aromatic heterocycles. The van der Waals surface area contributed by atoms with Crippen molar-refractivity contribution in [1.29, 1.82) is 0 Å². The van der Waals surface area contributed by atoms with Crippen molar-refractivity contribution < 1.29 is 0 Å². The summed E-state index contributed by atoms with van der Waals surface area (Å²) in [7, 11) is 0. The lowest BCUT2D eigenvalue weighted by Crippen LogP contribution is -2.13. The highest BCUT2D eigenvalue weighted by atomic mass is 16.1. The molecule has 2 heterocycles. The summed E-state index contributed by atoms with van der Waals surface area (Å²) in [6, 6.07) is 1.87. The zero-order chi connectivity index (χ0) is 9.26. The van der Waals surface area contributed by atoms with Gasteiger partial charge in [0, 0.05) is 6.20 Å². The summed E-state index contributed by atoms with van der Waals surface area (Å²) in [6.45, 7) is 2.02. The minimum atomic E-state index is -0.465. The van der Waals surface area contributed by atoms with E-state index in [0.29, 0.717) is 11.2 Å². The first-order chi connectivity index (χ1) is 6.31. The van der Waals surface area contributed by atoms with Crippen LogP contribution in [0.4, 0.5) is 0 Å². The molecule has 66 valence electrons. The molecule has 0 aliphatic heterocycles. The third-order valence-corrected chi connectivity index (χ3v) is 1.84. The van der Waals surface area contributed by atoms with Crippen LogP contribution in [0.25, 0.3) is 11.2 Å². The van der Waals surface area contributed by atoms with Crippen LogP contribution in [0, 0.1) is 0 Å². The number of aromatic amines is 1. The fourth-order valence-electron chi connectivity index (χ4n) is 1.20. The molecule has 0 saturated heterocycles. The number of aromatic nitrogens is 4. The number of hydrogen-bond donors (Lipinski definition) is 1. The van der Waals surface area contributed by atoms with Gasteiger partial charge in [-0.2, -0.15) is 10.1 Å². The van der Waals surface area contributed by atoms with E-state index in [1.807, 2.05) is 13.0 Å². The summed E-state index contributed by atoms with van der Waals surface area (Å²) in [6.07, 6.45) is 2.48. The topological polar surface area (TPSA) is 71.5 Å². The van der Waals surface area contributed by atoms with Crippen LogP contribution in [-0.2, 0) is 6.42 Å². The van der Waals surface area contributed by atoms with Gasteiger partial charge in [0.25, 0.3) is 0 Å². The van der Waals surface area contributed by atoms with E-state index >= 15 is 0 Å². The zero-order valence-electron chi connectivity index (χ0n) is 7.11. The second kappa shape index (κ2) is 2.93. The van der Waals surface area contributed by atoms with E-state index in [4.69, 9.17) is 0 Å². The van der Waals surface area contributed by atoms with Crippen LogP contribution in [0.3, 0.4) is 0 Å². The van der Waals surface area contributed by atoms with Crippen molar-refractivity contribution >= 4 is 11.2 Å². The van der Waals surface area contributed by atoms with Gasteiger partial charge in [0.15, 0.2) is 5.65 Å². The van der Waals surface area contributed by atoms with Gasteiger partial charge >= 0.3 is 5.69 Å². The molecule has 0 saturated carbocycles. The Hall–Kier alpha value is -1.78. The molecule has 0 unspecified atom stereocenters. The monoisotopic (exact) mass is 176 g/mol. The van der Waals surface area contributed by atoms with E-state index in [2.05, 4.69) is 20.2 Å². The number of rotatable bonds is 1. The second-order valence-electron chi connectivity index (χ2n) is 2.64. The van der Waals surface area contributed by atoms with Crippen molar-refractivity contribution in [2.45, 2.75) is 13.3 Å². The maximum absolute atomic E-state index is 10.8. The van der Waals surface area contributed by atoms with Crippen molar-refractivity contribution in [3.63, 3.8) is 0 Å². The van der Waals surface area contributed by atoms with Crippen molar-refractivity contribution in [2.24, 2.45) is 0 Å². The minimum absolute atomic E-state index is 0.406. The molecule has 0 aliphatic carbocycles. The number of fused-ring (bicyclic) bond motifs is 1. The average molecular weight is 176 g/mol. The molecule has 5 heteroatoms. The quantitative estimate of drug-likeness (QED) is 0.677. The van der Waals surface area contributed by atoms with Crippen molar-refractivity contribution in [2.75, 3.05) is 0 Å². The summed E-state index contributed by atoms with van der Waals surface area (Å²) >= 11 is 0. The highest BCUT2D eigenvalue weighted by Crippen LogP contribution is 2.09. The second-order valence-corrected chi connectivity index (χ2v) is 2.64. The molecule has 1 N–H and O–H groups in total. The van der Waals surface area contributed by atoms with Crippen molar-refractivity contribution in [1.82, 2.24) is 20.2 Å². The lowest BCUT2D eigenvalue weighted by molar-refractivity contribution is 0.939. The van der Waals surface area contributed by atoms with E-state index in [-0.39, 0.29) is 0 Å². The lowest BCUT2D eigenvalue weighted by atomic mass is 10.2. The van der Waals surface area contributed by atoms with E-state index in [0.717, 1.165) is 12.0 Å². The van der Waals surface area contributed by atoms with Gasteiger partial charge in [-0.3, -0.25) is 0 Å². The molecule has 0 atom stereocenters. The van der Waals surface area contributed by atoms with Crippen LogP contribution in [0.15, 0.2) is 17.1 Å². The maximum Gasteiger partial charge on any atom is 0.363 e. The molecule has 5 nitrogen and oxygen atoms in total. The van der Waals surface area contributed by atoms with Gasteiger partial charge in [0.2, 0.25) is 0 Å². The van der Waals surface area contributed by atoms with Crippen LogP contribution in [0.1, 0.15) is 12.5 Å². The Balaban J connectivity index is 2.85. The summed E-state index contributed by atoms with van der Waals surface area (Å²) in [5, 5.41) is 6.18. The molecule has 0 radical (unpaired) electrons. The van der Waals surface area contributed by atoms with Crippen molar-refractivity contribution in [3.05, 3.63) is 28.3 Å². The number of aryl methyl sites for hydroxylation is 1. The highest BCUT2D eigenvalue weighted by Gasteiger charge is 2.02. The van der Waals surface area contributed by atoms with E-state index < -0.39 is 5.69 Å². The number of hydrogen-bond acceptors (Lipinski definition) is 4. The summed E-state index contributed by atoms with van der Waals surface area (Å²) in [5.41, 5.74) is 1.65. The largest absolute Gasteiger partial charge is 0.363 e. The number of nitrogens with one attached hydrogen (secondary N) is 1. The summed E-state index contributed by atoms with van der Waals surface area (Å²) < 4.78 is 0. The Kier molecular flexibility index (Phi) is 1.77. The Morgan fingerprint density at radius 3 is 3.15 bits per heavy atom. The van der Waals surface area contributed by atoms with E-state index in [1.165, 1.54) is 0 Å². The fourth-order valence-corrected chi connectivity index (χ4v) is 1.20. The molecule has 13 heavy (non-hydrogen) atoms. The molecule has 0 spiro atoms. The molecule has 2 aromatic rings. The van der Waals surface area contributed by atoms with Gasteiger partial charge in [0.05, 0.1) is 0 Å². The van der Waals surface area contributed by atoms with Crippen LogP contribution < -0.4 is 5.69 Å². The molecular formula is C8H8N4O. The predicted octanol–water partition coefficient (Wildman–Crippen LogP) is 0.275. The minimum Gasteiger partial charge on any atom is -0.244 e. The molecular weight excluding hydrogens is 168 g/mol. The average Bonchev–Trinajstić information content (AvgIpc) is 2.16. The normalized spacial score (nSPS) is 10.5. The Labute approximate surface area is 73.9 Å². The lowest BCUT2D eigenvalue weighted by Gasteiger charge is -1.98. The first-order valence-electron chi connectivity index (χ1n) is 4.01. The van der Waals surface area contributed by atoms with Crippen LogP contribution in [0.5, 0.6) is 0 Å². The molecule has 0 amide bonds. The number of nitrogens with zero attached hydrogens (tertiary/aromatic N) is 3. The van der Waals surface area contributed by atoms with E-state index in [9.17, 15) is 4.79 Å². The Morgan fingerprint density at radius 2 is 2.38 bits per heavy atom. The number of H-pyrrole nitrogens is 1. The zero-order valence-corrected chi connectivity index (χ0v) is 7.11. The molecule has 0 aliphatic rings. The van der Waals surface area contributed by atoms with Crippen LogP contribution in [0.2, 0.25) is 0 Å². The van der Waals surface area contributed by atoms with Gasteiger partial charge in [-0.25, -0.2) is 14.9 Å². The molecule has 0 aromatic carbocycles. The van der Waals surface area contributed by atoms with Crippen LogP contribution in [-0.4, -0.2) is 20.2 Å². The maximum atomic E-state index is 10.8. The standard InChI is InChI=1S/C8H8N4O/c1-2-5-3-4-9-7-6(5)11-12-8(13)10-7/h3-4H,2H2,1H3,(H,9,10,12,13). The SMILES string of the molecule is CCc1ccnc2nc(=O)[nH]nc12. The molecule has 0 fully saturated rings. The van der Waals surface area contributed by atoms with Crippen LogP contribution >= 0.6 is 0 Å². The summed E-state index contributed by atoms with van der Waals surface area (Å²) in [4.78, 5) is 18.5.